The fourth-order valence-electron chi connectivity index (χ4n) is 2.61. The lowest BCUT2D eigenvalue weighted by atomic mass is 10.0. The minimum absolute atomic E-state index is 0.710. The topological polar surface area (TPSA) is 28.2 Å². The predicted molar refractivity (Wildman–Crippen MR) is 82.3 cm³/mol. The number of nitrogens with zero attached hydrogens (tertiary/aromatic N) is 2. The van der Waals surface area contributed by atoms with Gasteiger partial charge in [-0.3, -0.25) is 4.90 Å². The first-order valence-corrected chi connectivity index (χ1v) is 8.31. The van der Waals surface area contributed by atoms with E-state index < -0.39 is 0 Å². The lowest BCUT2D eigenvalue weighted by Gasteiger charge is -2.29. The highest BCUT2D eigenvalue weighted by molar-refractivity contribution is 7.11. The molecule has 3 nitrogen and oxygen atoms in total. The zero-order valence-corrected chi connectivity index (χ0v) is 13.3. The van der Waals surface area contributed by atoms with E-state index in [1.807, 2.05) is 17.5 Å². The highest BCUT2D eigenvalue weighted by Crippen LogP contribution is 2.20. The second-order valence-electron chi connectivity index (χ2n) is 6.23. The van der Waals surface area contributed by atoms with Gasteiger partial charge in [0.25, 0.3) is 0 Å². The van der Waals surface area contributed by atoms with Crippen LogP contribution in [0.2, 0.25) is 0 Å². The Labute approximate surface area is 121 Å². The van der Waals surface area contributed by atoms with Crippen molar-refractivity contribution in [2.45, 2.75) is 46.7 Å². The highest BCUT2D eigenvalue weighted by atomic mass is 32.1. The number of likely N-dealkylation sites (tertiary alicyclic amines) is 1. The van der Waals surface area contributed by atoms with Crippen molar-refractivity contribution in [1.29, 1.82) is 0 Å². The van der Waals surface area contributed by atoms with E-state index in [1.165, 1.54) is 35.8 Å². The van der Waals surface area contributed by atoms with Crippen molar-refractivity contribution in [2.24, 2.45) is 11.8 Å². The first kappa shape index (κ1) is 14.9. The molecule has 4 heteroatoms. The maximum Gasteiger partial charge on any atom is 0.107 e. The van der Waals surface area contributed by atoms with Crippen LogP contribution in [0, 0.1) is 11.8 Å². The molecule has 1 atom stereocenters. The summed E-state index contributed by atoms with van der Waals surface area (Å²) in [5.41, 5.74) is 0. The van der Waals surface area contributed by atoms with E-state index in [9.17, 15) is 0 Å². The molecular weight excluding hydrogens is 254 g/mol. The second kappa shape index (κ2) is 7.36. The molecule has 0 amide bonds. The first-order valence-electron chi connectivity index (χ1n) is 7.50. The molecule has 19 heavy (non-hydrogen) atoms. The van der Waals surface area contributed by atoms with E-state index in [0.717, 1.165) is 25.6 Å². The number of thiazole rings is 1. The van der Waals surface area contributed by atoms with Crippen LogP contribution in [0.3, 0.4) is 0 Å². The molecule has 108 valence electrons. The Hall–Kier alpha value is -0.450. The molecule has 1 aliphatic heterocycles. The SMILES string of the molecule is CC(C)CNCc1cnc(CN2CCCC(C)C2)s1. The average Bonchev–Trinajstić information content (AvgIpc) is 2.76. The Balaban J connectivity index is 1.77. The van der Waals surface area contributed by atoms with Crippen LogP contribution in [0.5, 0.6) is 0 Å². The summed E-state index contributed by atoms with van der Waals surface area (Å²) in [6.45, 7) is 12.4. The second-order valence-corrected chi connectivity index (χ2v) is 7.43. The van der Waals surface area contributed by atoms with Crippen molar-refractivity contribution in [3.63, 3.8) is 0 Å². The van der Waals surface area contributed by atoms with Crippen LogP contribution in [-0.4, -0.2) is 29.5 Å². The summed E-state index contributed by atoms with van der Waals surface area (Å²) < 4.78 is 0. The van der Waals surface area contributed by atoms with Gasteiger partial charge >= 0.3 is 0 Å². The van der Waals surface area contributed by atoms with Crippen LogP contribution in [0.15, 0.2) is 6.20 Å². The third kappa shape index (κ3) is 5.21. The van der Waals surface area contributed by atoms with Gasteiger partial charge in [-0.15, -0.1) is 11.3 Å². The number of hydrogen-bond acceptors (Lipinski definition) is 4. The van der Waals surface area contributed by atoms with Gasteiger partial charge in [0.05, 0.1) is 6.54 Å². The van der Waals surface area contributed by atoms with E-state index in [4.69, 9.17) is 0 Å². The molecule has 1 aromatic heterocycles. The molecule has 2 rings (SSSR count). The molecule has 0 saturated carbocycles. The van der Waals surface area contributed by atoms with Gasteiger partial charge < -0.3 is 5.32 Å². The summed E-state index contributed by atoms with van der Waals surface area (Å²) in [5, 5.41) is 4.76. The zero-order chi connectivity index (χ0) is 13.7. The molecule has 1 fully saturated rings. The van der Waals surface area contributed by atoms with E-state index in [2.05, 4.69) is 36.0 Å². The minimum atomic E-state index is 0.710. The van der Waals surface area contributed by atoms with Gasteiger partial charge in [-0.25, -0.2) is 4.98 Å². The lowest BCUT2D eigenvalue weighted by Crippen LogP contribution is -2.33. The Bertz CT molecular complexity index is 375. The van der Waals surface area contributed by atoms with Crippen molar-refractivity contribution < 1.29 is 0 Å². The molecule has 0 spiro atoms. The molecule has 2 heterocycles. The number of aromatic nitrogens is 1. The van der Waals surface area contributed by atoms with E-state index in [1.54, 1.807) is 0 Å². The first-order chi connectivity index (χ1) is 9.13. The molecule has 1 N–H and O–H groups in total. The Kier molecular flexibility index (Phi) is 5.79. The van der Waals surface area contributed by atoms with Gasteiger partial charge in [0.1, 0.15) is 5.01 Å². The van der Waals surface area contributed by atoms with Crippen LogP contribution in [-0.2, 0) is 13.1 Å². The average molecular weight is 281 g/mol. The van der Waals surface area contributed by atoms with Gasteiger partial charge in [-0.2, -0.15) is 0 Å². The number of nitrogens with one attached hydrogen (secondary N) is 1. The van der Waals surface area contributed by atoms with Crippen molar-refractivity contribution >= 4 is 11.3 Å². The van der Waals surface area contributed by atoms with Crippen LogP contribution in [0.1, 0.15) is 43.5 Å². The molecule has 0 aliphatic carbocycles. The van der Waals surface area contributed by atoms with Gasteiger partial charge in [0, 0.05) is 24.2 Å². The third-order valence-electron chi connectivity index (χ3n) is 3.55. The predicted octanol–water partition coefficient (Wildman–Crippen LogP) is 3.12. The number of rotatable bonds is 6. The Morgan fingerprint density at radius 2 is 2.37 bits per heavy atom. The maximum absolute atomic E-state index is 4.57. The fourth-order valence-corrected chi connectivity index (χ4v) is 3.54. The van der Waals surface area contributed by atoms with Crippen LogP contribution in [0.25, 0.3) is 0 Å². The van der Waals surface area contributed by atoms with Crippen molar-refractivity contribution in [3.05, 3.63) is 16.1 Å². The number of piperidine rings is 1. The Morgan fingerprint density at radius 3 is 3.11 bits per heavy atom. The molecule has 1 aliphatic rings. The largest absolute Gasteiger partial charge is 0.312 e. The Morgan fingerprint density at radius 1 is 1.53 bits per heavy atom. The van der Waals surface area contributed by atoms with Crippen LogP contribution in [0.4, 0.5) is 0 Å². The van der Waals surface area contributed by atoms with E-state index in [-0.39, 0.29) is 0 Å². The summed E-state index contributed by atoms with van der Waals surface area (Å²) >= 11 is 1.86. The monoisotopic (exact) mass is 281 g/mol. The third-order valence-corrected chi connectivity index (χ3v) is 4.54. The summed E-state index contributed by atoms with van der Waals surface area (Å²) in [5.74, 6) is 1.56. The molecule has 0 bridgehead atoms. The molecule has 1 unspecified atom stereocenters. The van der Waals surface area contributed by atoms with Gasteiger partial charge in [0.2, 0.25) is 0 Å². The van der Waals surface area contributed by atoms with Crippen molar-refractivity contribution in [2.75, 3.05) is 19.6 Å². The standard InChI is InChI=1S/C15H27N3S/c1-12(2)7-16-8-14-9-17-15(19-14)11-18-6-4-5-13(3)10-18/h9,12-13,16H,4-8,10-11H2,1-3H3. The molecular formula is C15H27N3S. The minimum Gasteiger partial charge on any atom is -0.312 e. The summed E-state index contributed by atoms with van der Waals surface area (Å²) in [6, 6.07) is 0. The van der Waals surface area contributed by atoms with Crippen LogP contribution >= 0.6 is 11.3 Å². The quantitative estimate of drug-likeness (QED) is 0.868. The summed E-state index contributed by atoms with van der Waals surface area (Å²) in [6.07, 6.45) is 4.77. The van der Waals surface area contributed by atoms with Crippen molar-refractivity contribution in [1.82, 2.24) is 15.2 Å². The van der Waals surface area contributed by atoms with Crippen molar-refractivity contribution in [3.8, 4) is 0 Å². The molecule has 0 radical (unpaired) electrons. The molecule has 0 aromatic carbocycles. The maximum atomic E-state index is 4.57. The van der Waals surface area contributed by atoms with Crippen LogP contribution < -0.4 is 5.32 Å². The summed E-state index contributed by atoms with van der Waals surface area (Å²) in [7, 11) is 0. The highest BCUT2D eigenvalue weighted by Gasteiger charge is 2.17. The zero-order valence-electron chi connectivity index (χ0n) is 12.5. The summed E-state index contributed by atoms with van der Waals surface area (Å²) in [4.78, 5) is 8.49. The van der Waals surface area contributed by atoms with Gasteiger partial charge in [-0.05, 0) is 37.8 Å². The van der Waals surface area contributed by atoms with Gasteiger partial charge in [0.15, 0.2) is 0 Å². The molecule has 1 saturated heterocycles. The van der Waals surface area contributed by atoms with Gasteiger partial charge in [-0.1, -0.05) is 20.8 Å². The smallest absolute Gasteiger partial charge is 0.107 e. The molecule has 1 aromatic rings. The lowest BCUT2D eigenvalue weighted by molar-refractivity contribution is 0.176. The van der Waals surface area contributed by atoms with E-state index in [0.29, 0.717) is 5.92 Å². The number of hydrogen-bond donors (Lipinski definition) is 1. The van der Waals surface area contributed by atoms with E-state index >= 15 is 0 Å². The fraction of sp³-hybridized carbons (Fsp3) is 0.800. The normalized spacial score (nSPS) is 21.2.